The van der Waals surface area contributed by atoms with Gasteiger partial charge in [-0.05, 0) is 18.2 Å². The molecule has 3 rings (SSSR count). The summed E-state index contributed by atoms with van der Waals surface area (Å²) in [6, 6.07) is 7.89. The first-order valence-electron chi connectivity index (χ1n) is 6.95. The molecule has 9 nitrogen and oxygen atoms in total. The van der Waals surface area contributed by atoms with Gasteiger partial charge in [-0.1, -0.05) is 29.4 Å². The fourth-order valence-corrected chi connectivity index (χ4v) is 3.66. The molecule has 0 atom stereocenters. The first-order valence-corrected chi connectivity index (χ1v) is 10.0. The number of hydrogen-bond donors (Lipinski definition) is 1. The number of nitrogens with zero attached hydrogens (tertiary/aromatic N) is 4. The van der Waals surface area contributed by atoms with Gasteiger partial charge in [0.2, 0.25) is 10.0 Å². The number of halogens is 1. The van der Waals surface area contributed by atoms with E-state index in [-0.39, 0.29) is 27.7 Å². The van der Waals surface area contributed by atoms with E-state index in [0.717, 1.165) is 18.0 Å². The second-order valence-corrected chi connectivity index (χ2v) is 8.24. The lowest BCUT2D eigenvalue weighted by Crippen LogP contribution is -2.12. The van der Waals surface area contributed by atoms with Gasteiger partial charge in [0.05, 0.1) is 27.1 Å². The fraction of sp³-hybridized carbons (Fsp3) is 0.0714. The lowest BCUT2D eigenvalue weighted by Gasteiger charge is -2.08. The van der Waals surface area contributed by atoms with Crippen LogP contribution >= 0.6 is 23.4 Å². The normalized spacial score (nSPS) is 11.5. The third-order valence-electron chi connectivity index (χ3n) is 3.03. The largest absolute Gasteiger partial charge is 0.285 e. The minimum Gasteiger partial charge on any atom is -0.265 e. The minimum absolute atomic E-state index is 0.149. The van der Waals surface area contributed by atoms with Crippen molar-refractivity contribution in [3.05, 3.63) is 51.8 Å². The minimum atomic E-state index is -3.61. The maximum atomic E-state index is 11.4. The predicted molar refractivity (Wildman–Crippen MR) is 98.0 cm³/mol. The number of benzene rings is 1. The van der Waals surface area contributed by atoms with Crippen LogP contribution in [0, 0.1) is 10.1 Å². The average Bonchev–Trinajstić information content (AvgIpc) is 2.55. The maximum Gasteiger partial charge on any atom is 0.285 e. The van der Waals surface area contributed by atoms with Crippen LogP contribution < -0.4 is 4.72 Å². The molecule has 0 aliphatic heterocycles. The van der Waals surface area contributed by atoms with Crippen LogP contribution in [-0.4, -0.2) is 34.5 Å². The Balaban J connectivity index is 2.15. The van der Waals surface area contributed by atoms with Crippen LogP contribution in [-0.2, 0) is 10.0 Å². The Morgan fingerprint density at radius 3 is 2.58 bits per heavy atom. The Morgan fingerprint density at radius 1 is 1.23 bits per heavy atom. The van der Waals surface area contributed by atoms with Crippen molar-refractivity contribution in [2.24, 2.45) is 0 Å². The summed E-state index contributed by atoms with van der Waals surface area (Å²) in [6.45, 7) is 0. The first kappa shape index (κ1) is 18.3. The van der Waals surface area contributed by atoms with Crippen LogP contribution in [0.5, 0.6) is 0 Å². The maximum absolute atomic E-state index is 11.4. The lowest BCUT2D eigenvalue weighted by molar-refractivity contribution is -0.387. The first-order chi connectivity index (χ1) is 12.2. The van der Waals surface area contributed by atoms with Gasteiger partial charge in [-0.2, -0.15) is 0 Å². The smallest absolute Gasteiger partial charge is 0.265 e. The van der Waals surface area contributed by atoms with Gasteiger partial charge in [-0.25, -0.2) is 23.4 Å². The fourth-order valence-electron chi connectivity index (χ4n) is 2.04. The quantitative estimate of drug-likeness (QED) is 0.501. The second-order valence-electron chi connectivity index (χ2n) is 5.07. The molecular weight excluding hydrogens is 402 g/mol. The van der Waals surface area contributed by atoms with Crippen LogP contribution in [0.15, 0.2) is 46.5 Å². The van der Waals surface area contributed by atoms with Crippen molar-refractivity contribution >= 4 is 55.9 Å². The highest BCUT2D eigenvalue weighted by molar-refractivity contribution is 7.99. The van der Waals surface area contributed by atoms with Gasteiger partial charge in [0.25, 0.3) is 5.69 Å². The van der Waals surface area contributed by atoms with E-state index in [4.69, 9.17) is 11.6 Å². The Morgan fingerprint density at radius 2 is 1.96 bits per heavy atom. The highest BCUT2D eigenvalue weighted by Crippen LogP contribution is 2.37. The molecule has 3 aromatic rings. The summed E-state index contributed by atoms with van der Waals surface area (Å²) in [6.07, 6.45) is 2.52. The predicted octanol–water partition coefficient (Wildman–Crippen LogP) is 3.11. The standard InChI is InChI=1S/C14H10ClN5O4S2/c1-26(23,24)19-14-13(15)17-8-6-10(20(21)22)11(7-9(8)18-14)25-12-4-2-3-5-16-12/h2-7H,1H3,(H,18,19). The van der Waals surface area contributed by atoms with Gasteiger partial charge in [0, 0.05) is 12.3 Å². The van der Waals surface area contributed by atoms with E-state index in [1.165, 1.54) is 12.1 Å². The van der Waals surface area contributed by atoms with E-state index in [0.29, 0.717) is 9.92 Å². The molecule has 0 amide bonds. The number of nitro groups is 1. The van der Waals surface area contributed by atoms with Gasteiger partial charge < -0.3 is 0 Å². The number of anilines is 1. The highest BCUT2D eigenvalue weighted by atomic mass is 35.5. The van der Waals surface area contributed by atoms with Crippen molar-refractivity contribution in [2.45, 2.75) is 9.92 Å². The van der Waals surface area contributed by atoms with Gasteiger partial charge in [-0.15, -0.1) is 0 Å². The molecule has 0 saturated heterocycles. The van der Waals surface area contributed by atoms with Crippen LogP contribution in [0.4, 0.5) is 11.5 Å². The van der Waals surface area contributed by atoms with Crippen molar-refractivity contribution in [2.75, 3.05) is 11.0 Å². The number of nitrogens with one attached hydrogen (secondary N) is 1. The zero-order valence-corrected chi connectivity index (χ0v) is 15.5. The van der Waals surface area contributed by atoms with Crippen molar-refractivity contribution in [3.8, 4) is 0 Å². The molecule has 0 saturated carbocycles. The molecule has 2 heterocycles. The van der Waals surface area contributed by atoms with Gasteiger partial charge in [-0.3, -0.25) is 14.8 Å². The summed E-state index contributed by atoms with van der Waals surface area (Å²) in [4.78, 5) is 23.4. The average molecular weight is 412 g/mol. The second kappa shape index (κ2) is 7.02. The molecule has 1 aromatic carbocycles. The van der Waals surface area contributed by atoms with Crippen molar-refractivity contribution in [1.29, 1.82) is 0 Å². The molecule has 26 heavy (non-hydrogen) atoms. The zero-order chi connectivity index (χ0) is 18.9. The molecule has 0 unspecified atom stereocenters. The van der Waals surface area contributed by atoms with E-state index >= 15 is 0 Å². The molecule has 134 valence electrons. The van der Waals surface area contributed by atoms with Crippen molar-refractivity contribution in [3.63, 3.8) is 0 Å². The van der Waals surface area contributed by atoms with Crippen LogP contribution in [0.25, 0.3) is 11.0 Å². The monoisotopic (exact) mass is 411 g/mol. The molecule has 0 spiro atoms. The van der Waals surface area contributed by atoms with E-state index in [1.807, 2.05) is 0 Å². The van der Waals surface area contributed by atoms with E-state index in [2.05, 4.69) is 19.7 Å². The molecule has 0 aliphatic carbocycles. The number of pyridine rings is 1. The molecule has 0 radical (unpaired) electrons. The number of hydrogen-bond acceptors (Lipinski definition) is 8. The van der Waals surface area contributed by atoms with Crippen molar-refractivity contribution < 1.29 is 13.3 Å². The zero-order valence-electron chi connectivity index (χ0n) is 13.1. The van der Waals surface area contributed by atoms with E-state index in [9.17, 15) is 18.5 Å². The Bertz CT molecular complexity index is 1110. The van der Waals surface area contributed by atoms with Crippen LogP contribution in [0.2, 0.25) is 5.15 Å². The van der Waals surface area contributed by atoms with Gasteiger partial charge >= 0.3 is 0 Å². The number of rotatable bonds is 5. The Kier molecular flexibility index (Phi) is 4.94. The summed E-state index contributed by atoms with van der Waals surface area (Å²) in [7, 11) is -3.61. The van der Waals surface area contributed by atoms with E-state index in [1.54, 1.807) is 24.4 Å². The molecular formula is C14H10ClN5O4S2. The molecule has 0 aliphatic rings. The van der Waals surface area contributed by atoms with Gasteiger partial charge in [0.1, 0.15) is 5.03 Å². The molecule has 0 fully saturated rings. The molecule has 12 heteroatoms. The molecule has 0 bridgehead atoms. The van der Waals surface area contributed by atoms with Crippen LogP contribution in [0.1, 0.15) is 0 Å². The number of aromatic nitrogens is 3. The molecule has 1 N–H and O–H groups in total. The lowest BCUT2D eigenvalue weighted by atomic mass is 10.2. The third-order valence-corrected chi connectivity index (χ3v) is 4.86. The third kappa shape index (κ3) is 4.18. The number of fused-ring (bicyclic) bond motifs is 1. The number of sulfonamides is 1. The summed E-state index contributed by atoms with van der Waals surface area (Å²) in [5, 5.41) is 11.7. The van der Waals surface area contributed by atoms with Gasteiger partial charge in [0.15, 0.2) is 11.0 Å². The SMILES string of the molecule is CS(=O)(=O)Nc1nc2cc(Sc3ccccn3)c([N+](=O)[O-])cc2nc1Cl. The summed E-state index contributed by atoms with van der Waals surface area (Å²) in [5.74, 6) is -0.149. The topological polar surface area (TPSA) is 128 Å². The summed E-state index contributed by atoms with van der Waals surface area (Å²) < 4.78 is 25.0. The van der Waals surface area contributed by atoms with E-state index < -0.39 is 14.9 Å². The summed E-state index contributed by atoms with van der Waals surface area (Å²) in [5.41, 5.74) is 0.248. The highest BCUT2D eigenvalue weighted by Gasteiger charge is 2.20. The Labute approximate surface area is 157 Å². The van der Waals surface area contributed by atoms with Crippen molar-refractivity contribution in [1.82, 2.24) is 15.0 Å². The molecule has 2 aromatic heterocycles. The summed E-state index contributed by atoms with van der Waals surface area (Å²) >= 11 is 7.01. The number of nitro benzene ring substituents is 1. The van der Waals surface area contributed by atoms with Crippen LogP contribution in [0.3, 0.4) is 0 Å². The Hall–Kier alpha value is -2.50.